The maximum Gasteiger partial charge on any atom is 0.273 e. The summed E-state index contributed by atoms with van der Waals surface area (Å²) in [6.45, 7) is 2.74. The number of amides is 1. The maximum atomic E-state index is 13.9. The van der Waals surface area contributed by atoms with Gasteiger partial charge in [-0.2, -0.15) is 0 Å². The van der Waals surface area contributed by atoms with E-state index in [1.165, 1.54) is 6.07 Å². The van der Waals surface area contributed by atoms with Crippen LogP contribution in [0.5, 0.6) is 0 Å². The second kappa shape index (κ2) is 6.26. The highest BCUT2D eigenvalue weighted by Crippen LogP contribution is 2.21. The number of pyridine rings is 1. The van der Waals surface area contributed by atoms with Gasteiger partial charge in [-0.25, -0.2) is 9.37 Å². The number of benzene rings is 1. The number of fused-ring (bicyclic) bond motifs is 1. The van der Waals surface area contributed by atoms with Crippen LogP contribution in [-0.4, -0.2) is 28.4 Å². The molecular formula is C18H19FN2O. The molecule has 3 rings (SSSR count). The molecule has 0 fully saturated rings. The van der Waals surface area contributed by atoms with E-state index in [4.69, 9.17) is 0 Å². The molecule has 1 atom stereocenters. The van der Waals surface area contributed by atoms with Crippen molar-refractivity contribution in [1.82, 2.24) is 9.88 Å². The van der Waals surface area contributed by atoms with Crippen molar-refractivity contribution in [3.8, 4) is 0 Å². The third kappa shape index (κ3) is 2.73. The average Bonchev–Trinajstić information content (AvgIpc) is 3.00. The van der Waals surface area contributed by atoms with Crippen LogP contribution in [0.15, 0.2) is 42.5 Å². The highest BCUT2D eigenvalue weighted by Gasteiger charge is 2.26. The number of unbranched alkanes of at least 4 members (excludes halogenated alkanes) is 1. The molecule has 1 aromatic heterocycles. The Kier molecular flexibility index (Phi) is 4.18. The van der Waals surface area contributed by atoms with Crippen molar-refractivity contribution in [1.29, 1.82) is 0 Å². The molecule has 2 heterocycles. The van der Waals surface area contributed by atoms with Crippen LogP contribution in [0.3, 0.4) is 0 Å². The quantitative estimate of drug-likeness (QED) is 0.801. The van der Waals surface area contributed by atoms with Crippen LogP contribution in [0.4, 0.5) is 4.39 Å². The number of nitrogens with zero attached hydrogens (tertiary/aromatic N) is 2. The minimum absolute atomic E-state index is 0.128. The lowest BCUT2D eigenvalue weighted by Gasteiger charge is -2.24. The Morgan fingerprint density at radius 2 is 2.23 bits per heavy atom. The van der Waals surface area contributed by atoms with Crippen molar-refractivity contribution >= 4 is 16.8 Å². The molecule has 4 heteroatoms. The number of para-hydroxylation sites is 1. The van der Waals surface area contributed by atoms with Crippen LogP contribution in [0.2, 0.25) is 0 Å². The molecule has 0 bridgehead atoms. The van der Waals surface area contributed by atoms with Gasteiger partial charge in [0.05, 0.1) is 6.04 Å². The number of carbonyl (C=O) groups is 1. The number of hydrogen-bond acceptors (Lipinski definition) is 2. The fraction of sp³-hybridized carbons (Fsp3) is 0.333. The van der Waals surface area contributed by atoms with Crippen LogP contribution < -0.4 is 0 Å². The van der Waals surface area contributed by atoms with Gasteiger partial charge in [0.1, 0.15) is 17.0 Å². The topological polar surface area (TPSA) is 33.2 Å². The summed E-state index contributed by atoms with van der Waals surface area (Å²) in [7, 11) is 0. The highest BCUT2D eigenvalue weighted by molar-refractivity contribution is 5.95. The normalized spacial score (nSPS) is 17.4. The van der Waals surface area contributed by atoms with Crippen LogP contribution in [0.25, 0.3) is 10.9 Å². The van der Waals surface area contributed by atoms with E-state index in [0.29, 0.717) is 17.6 Å². The molecule has 0 saturated heterocycles. The molecule has 0 aliphatic carbocycles. The van der Waals surface area contributed by atoms with Gasteiger partial charge in [-0.3, -0.25) is 4.79 Å². The van der Waals surface area contributed by atoms with Gasteiger partial charge < -0.3 is 4.90 Å². The van der Waals surface area contributed by atoms with Crippen LogP contribution in [0, 0.1) is 5.82 Å². The predicted molar refractivity (Wildman–Crippen MR) is 85.2 cm³/mol. The number of aromatic nitrogens is 1. The zero-order chi connectivity index (χ0) is 15.5. The second-order valence-electron chi connectivity index (χ2n) is 5.60. The Morgan fingerprint density at radius 1 is 1.36 bits per heavy atom. The van der Waals surface area contributed by atoms with Gasteiger partial charge in [0.2, 0.25) is 0 Å². The van der Waals surface area contributed by atoms with Gasteiger partial charge in [0.15, 0.2) is 0 Å². The first-order valence-corrected chi connectivity index (χ1v) is 7.73. The monoisotopic (exact) mass is 298 g/mol. The van der Waals surface area contributed by atoms with Gasteiger partial charge in [0.25, 0.3) is 5.91 Å². The molecule has 0 N–H and O–H groups in total. The van der Waals surface area contributed by atoms with E-state index in [2.05, 4.69) is 18.0 Å². The Balaban J connectivity index is 1.87. The van der Waals surface area contributed by atoms with Crippen molar-refractivity contribution in [2.24, 2.45) is 0 Å². The molecule has 3 nitrogen and oxygen atoms in total. The largest absolute Gasteiger partial charge is 0.327 e. The molecule has 1 aromatic carbocycles. The molecule has 2 aromatic rings. The molecule has 0 radical (unpaired) electrons. The minimum Gasteiger partial charge on any atom is -0.327 e. The summed E-state index contributed by atoms with van der Waals surface area (Å²) in [6.07, 6.45) is 7.24. The van der Waals surface area contributed by atoms with Crippen molar-refractivity contribution in [3.05, 3.63) is 54.0 Å². The summed E-state index contributed by atoms with van der Waals surface area (Å²) in [5, 5.41) is 0.707. The predicted octanol–water partition coefficient (Wildman–Crippen LogP) is 3.94. The lowest BCUT2D eigenvalue weighted by Crippen LogP contribution is -2.36. The van der Waals surface area contributed by atoms with E-state index in [1.807, 2.05) is 11.0 Å². The van der Waals surface area contributed by atoms with E-state index in [1.54, 1.807) is 24.3 Å². The second-order valence-corrected chi connectivity index (χ2v) is 5.60. The third-order valence-electron chi connectivity index (χ3n) is 4.07. The first-order valence-electron chi connectivity index (χ1n) is 7.73. The Labute approximate surface area is 129 Å². The van der Waals surface area contributed by atoms with Crippen LogP contribution in [-0.2, 0) is 0 Å². The molecule has 1 amide bonds. The summed E-state index contributed by atoms with van der Waals surface area (Å²) in [5.74, 6) is -0.523. The van der Waals surface area contributed by atoms with Crippen LogP contribution >= 0.6 is 0 Å². The number of halogens is 1. The van der Waals surface area contributed by atoms with E-state index in [9.17, 15) is 9.18 Å². The Bertz CT molecular complexity index is 726. The number of rotatable bonds is 4. The standard InChI is InChI=1S/C18H19FN2O/c1-2-3-7-14-8-5-12-21(14)18(22)16-11-10-13-6-4-9-15(19)17(13)20-16/h4-6,8-11,14H,2-3,7,12H2,1H3. The zero-order valence-electron chi connectivity index (χ0n) is 12.6. The molecule has 1 aliphatic heterocycles. The summed E-state index contributed by atoms with van der Waals surface area (Å²) in [5.41, 5.74) is 0.563. The van der Waals surface area contributed by atoms with Crippen molar-refractivity contribution in [2.45, 2.75) is 32.2 Å². The van der Waals surface area contributed by atoms with Gasteiger partial charge in [0, 0.05) is 11.9 Å². The van der Waals surface area contributed by atoms with Gasteiger partial charge in [-0.05, 0) is 18.6 Å². The Hall–Kier alpha value is -2.23. The maximum absolute atomic E-state index is 13.9. The van der Waals surface area contributed by atoms with Gasteiger partial charge in [-0.15, -0.1) is 0 Å². The summed E-state index contributed by atoms with van der Waals surface area (Å²) < 4.78 is 13.9. The molecule has 22 heavy (non-hydrogen) atoms. The lowest BCUT2D eigenvalue weighted by atomic mass is 10.1. The molecule has 1 aliphatic rings. The van der Waals surface area contributed by atoms with Crippen molar-refractivity contribution in [2.75, 3.05) is 6.54 Å². The highest BCUT2D eigenvalue weighted by atomic mass is 19.1. The third-order valence-corrected chi connectivity index (χ3v) is 4.07. The van der Waals surface area contributed by atoms with Gasteiger partial charge in [-0.1, -0.05) is 50.1 Å². The van der Waals surface area contributed by atoms with Crippen molar-refractivity contribution < 1.29 is 9.18 Å². The molecule has 0 spiro atoms. The van der Waals surface area contributed by atoms with E-state index >= 15 is 0 Å². The van der Waals surface area contributed by atoms with E-state index in [-0.39, 0.29) is 17.5 Å². The summed E-state index contributed by atoms with van der Waals surface area (Å²) >= 11 is 0. The average molecular weight is 298 g/mol. The van der Waals surface area contributed by atoms with E-state index in [0.717, 1.165) is 19.3 Å². The lowest BCUT2D eigenvalue weighted by molar-refractivity contribution is 0.0738. The molecule has 1 unspecified atom stereocenters. The molecule has 114 valence electrons. The number of hydrogen-bond donors (Lipinski definition) is 0. The minimum atomic E-state index is -0.394. The summed E-state index contributed by atoms with van der Waals surface area (Å²) in [4.78, 5) is 18.7. The summed E-state index contributed by atoms with van der Waals surface area (Å²) in [6, 6.07) is 8.37. The first-order chi connectivity index (χ1) is 10.7. The molecular weight excluding hydrogens is 279 g/mol. The smallest absolute Gasteiger partial charge is 0.273 e. The fourth-order valence-electron chi connectivity index (χ4n) is 2.85. The fourth-order valence-corrected chi connectivity index (χ4v) is 2.85. The van der Waals surface area contributed by atoms with Crippen molar-refractivity contribution in [3.63, 3.8) is 0 Å². The molecule has 0 saturated carbocycles. The zero-order valence-corrected chi connectivity index (χ0v) is 12.6. The van der Waals surface area contributed by atoms with E-state index < -0.39 is 5.82 Å². The first kappa shape index (κ1) is 14.7. The SMILES string of the molecule is CCCCC1C=CCN1C(=O)c1ccc2cccc(F)c2n1. The van der Waals surface area contributed by atoms with Crippen LogP contribution in [0.1, 0.15) is 36.7 Å². The Morgan fingerprint density at radius 3 is 3.05 bits per heavy atom. The van der Waals surface area contributed by atoms with Gasteiger partial charge >= 0.3 is 0 Å². The number of carbonyl (C=O) groups excluding carboxylic acids is 1.